The second-order valence-corrected chi connectivity index (χ2v) is 12.6. The number of hydrogen-bond acceptors (Lipinski definition) is 3. The van der Waals surface area contributed by atoms with Gasteiger partial charge in [0.15, 0.2) is 0 Å². The van der Waals surface area contributed by atoms with Crippen LogP contribution in [0.15, 0.2) is 11.1 Å². The van der Waals surface area contributed by atoms with E-state index in [2.05, 4.69) is 25.7 Å². The van der Waals surface area contributed by atoms with Gasteiger partial charge in [-0.3, -0.25) is 9.69 Å². The van der Waals surface area contributed by atoms with Crippen LogP contribution in [0.5, 0.6) is 0 Å². The molecule has 0 bridgehead atoms. The summed E-state index contributed by atoms with van der Waals surface area (Å²) in [5.41, 5.74) is 3.37. The van der Waals surface area contributed by atoms with Gasteiger partial charge in [-0.15, -0.1) is 0 Å². The maximum atomic E-state index is 12.2. The number of piperidine rings is 2. The predicted molar refractivity (Wildman–Crippen MR) is 119 cm³/mol. The van der Waals surface area contributed by atoms with Crippen molar-refractivity contribution in [1.29, 1.82) is 0 Å². The molecule has 2 aliphatic heterocycles. The Morgan fingerprint density at radius 1 is 0.967 bits per heavy atom. The molecule has 2 saturated heterocycles. The van der Waals surface area contributed by atoms with Gasteiger partial charge in [0.05, 0.1) is 5.60 Å². The summed E-state index contributed by atoms with van der Waals surface area (Å²) in [6.45, 7) is 9.48. The van der Waals surface area contributed by atoms with Crippen molar-refractivity contribution < 1.29 is 9.90 Å². The second kappa shape index (κ2) is 6.67. The Labute approximate surface area is 182 Å². The molecule has 3 nitrogen and oxygen atoms in total. The molecule has 2 saturated carbocycles. The van der Waals surface area contributed by atoms with Gasteiger partial charge in [0.2, 0.25) is 0 Å². The Morgan fingerprint density at radius 3 is 2.63 bits per heavy atom. The number of nitrogens with zero attached hydrogens (tertiary/aromatic N) is 1. The molecule has 2 heterocycles. The Balaban J connectivity index is 1.31. The molecule has 3 heteroatoms. The van der Waals surface area contributed by atoms with E-state index in [4.69, 9.17) is 0 Å². The first-order chi connectivity index (χ1) is 14.3. The molecule has 0 aromatic heterocycles. The molecule has 4 aliphatic carbocycles. The summed E-state index contributed by atoms with van der Waals surface area (Å²) in [7, 11) is 0. The van der Waals surface area contributed by atoms with Crippen molar-refractivity contribution in [2.45, 2.75) is 96.6 Å². The molecule has 0 radical (unpaired) electrons. The number of carbonyl (C=O) groups is 1. The summed E-state index contributed by atoms with van der Waals surface area (Å²) < 4.78 is 0. The minimum absolute atomic E-state index is 0.285. The van der Waals surface area contributed by atoms with Crippen LogP contribution >= 0.6 is 0 Å². The number of carbonyl (C=O) groups excluding carboxylic acids is 1. The first kappa shape index (κ1) is 20.0. The zero-order chi connectivity index (χ0) is 20.8. The summed E-state index contributed by atoms with van der Waals surface area (Å²) in [4.78, 5) is 14.9. The Bertz CT molecular complexity index is 784. The van der Waals surface area contributed by atoms with E-state index in [1.165, 1.54) is 58.0 Å². The van der Waals surface area contributed by atoms with E-state index >= 15 is 0 Å². The lowest BCUT2D eigenvalue weighted by Crippen LogP contribution is -2.67. The first-order valence-corrected chi connectivity index (χ1v) is 13.0. The number of fused-ring (bicyclic) bond motifs is 7. The van der Waals surface area contributed by atoms with Gasteiger partial charge in [0, 0.05) is 32.0 Å². The van der Waals surface area contributed by atoms with Gasteiger partial charge in [-0.2, -0.15) is 0 Å². The van der Waals surface area contributed by atoms with E-state index in [1.807, 2.05) is 5.57 Å². The quantitative estimate of drug-likeness (QED) is 0.572. The van der Waals surface area contributed by atoms with Crippen LogP contribution in [0.2, 0.25) is 0 Å². The number of aliphatic hydroxyl groups is 1. The molecule has 0 aromatic rings. The summed E-state index contributed by atoms with van der Waals surface area (Å²) >= 11 is 0. The van der Waals surface area contributed by atoms with Crippen LogP contribution in [0.1, 0.15) is 85.0 Å². The second-order valence-electron chi connectivity index (χ2n) is 12.6. The Kier molecular flexibility index (Phi) is 4.44. The summed E-state index contributed by atoms with van der Waals surface area (Å²) in [5.74, 6) is 4.51. The van der Waals surface area contributed by atoms with Gasteiger partial charge in [-0.25, -0.2) is 0 Å². The molecule has 30 heavy (non-hydrogen) atoms. The third-order valence-corrected chi connectivity index (χ3v) is 11.2. The van der Waals surface area contributed by atoms with Crippen LogP contribution in [0, 0.1) is 40.9 Å². The molecule has 9 unspecified atom stereocenters. The van der Waals surface area contributed by atoms with Crippen molar-refractivity contribution in [2.75, 3.05) is 13.1 Å². The van der Waals surface area contributed by atoms with Crippen LogP contribution in [0.4, 0.5) is 0 Å². The molecule has 6 rings (SSSR count). The van der Waals surface area contributed by atoms with Crippen molar-refractivity contribution in [3.05, 3.63) is 11.1 Å². The van der Waals surface area contributed by atoms with E-state index in [9.17, 15) is 9.90 Å². The van der Waals surface area contributed by atoms with E-state index in [-0.39, 0.29) is 5.41 Å². The average Bonchev–Trinajstić information content (AvgIpc) is 3.09. The monoisotopic (exact) mass is 411 g/mol. The molecular formula is C27H41NO2. The fourth-order valence-electron chi connectivity index (χ4n) is 9.60. The summed E-state index contributed by atoms with van der Waals surface area (Å²) in [6, 6.07) is 0.377. The SMILES string of the molecule is CC1CCC2N(C1)CC1C3CC4=C(CCC5CC(=O)CCC45C)C3CCC1C2(C)O. The van der Waals surface area contributed by atoms with Gasteiger partial charge in [0.25, 0.3) is 0 Å². The highest BCUT2D eigenvalue weighted by Gasteiger charge is 2.59. The number of ketones is 1. The molecule has 0 spiro atoms. The van der Waals surface area contributed by atoms with Crippen molar-refractivity contribution in [3.8, 4) is 0 Å². The maximum Gasteiger partial charge on any atom is 0.133 e. The molecule has 1 N–H and O–H groups in total. The smallest absolute Gasteiger partial charge is 0.133 e. The average molecular weight is 412 g/mol. The lowest BCUT2D eigenvalue weighted by molar-refractivity contribution is -0.173. The molecule has 4 fully saturated rings. The third kappa shape index (κ3) is 2.66. The minimum Gasteiger partial charge on any atom is -0.388 e. The molecule has 6 aliphatic rings. The molecule has 166 valence electrons. The van der Waals surface area contributed by atoms with Gasteiger partial charge < -0.3 is 5.11 Å². The lowest BCUT2D eigenvalue weighted by atomic mass is 9.57. The van der Waals surface area contributed by atoms with Gasteiger partial charge in [-0.1, -0.05) is 25.0 Å². The number of allylic oxidation sites excluding steroid dienone is 2. The molecular weight excluding hydrogens is 370 g/mol. The van der Waals surface area contributed by atoms with Crippen molar-refractivity contribution in [3.63, 3.8) is 0 Å². The Morgan fingerprint density at radius 2 is 1.80 bits per heavy atom. The molecule has 0 aromatic carbocycles. The van der Waals surface area contributed by atoms with Crippen LogP contribution in [-0.2, 0) is 4.79 Å². The highest BCUT2D eigenvalue weighted by atomic mass is 16.3. The highest BCUT2D eigenvalue weighted by molar-refractivity contribution is 5.80. The maximum absolute atomic E-state index is 12.2. The van der Waals surface area contributed by atoms with Crippen LogP contribution in [-0.4, -0.2) is 40.5 Å². The van der Waals surface area contributed by atoms with E-state index in [0.29, 0.717) is 29.6 Å². The van der Waals surface area contributed by atoms with E-state index < -0.39 is 5.60 Å². The summed E-state index contributed by atoms with van der Waals surface area (Å²) in [5, 5.41) is 11.8. The van der Waals surface area contributed by atoms with Crippen molar-refractivity contribution in [2.24, 2.45) is 40.9 Å². The fourth-order valence-corrected chi connectivity index (χ4v) is 9.60. The zero-order valence-electron chi connectivity index (χ0n) is 19.3. The topological polar surface area (TPSA) is 40.5 Å². The number of rotatable bonds is 0. The predicted octanol–water partition coefficient (Wildman–Crippen LogP) is 4.98. The highest BCUT2D eigenvalue weighted by Crippen LogP contribution is 2.64. The first-order valence-electron chi connectivity index (χ1n) is 13.0. The van der Waals surface area contributed by atoms with Gasteiger partial charge >= 0.3 is 0 Å². The normalized spacial score (nSPS) is 53.5. The van der Waals surface area contributed by atoms with Crippen molar-refractivity contribution in [1.82, 2.24) is 4.90 Å². The minimum atomic E-state index is -0.527. The Hall–Kier alpha value is -0.670. The lowest BCUT2D eigenvalue weighted by Gasteiger charge is -2.59. The third-order valence-electron chi connectivity index (χ3n) is 11.2. The van der Waals surface area contributed by atoms with Crippen LogP contribution in [0.3, 0.4) is 0 Å². The van der Waals surface area contributed by atoms with E-state index in [0.717, 1.165) is 37.0 Å². The summed E-state index contributed by atoms with van der Waals surface area (Å²) in [6.07, 6.45) is 11.4. The largest absolute Gasteiger partial charge is 0.388 e. The molecule has 9 atom stereocenters. The number of Topliss-reactive ketones (excluding diaryl/α,β-unsaturated/α-hetero) is 1. The molecule has 0 amide bonds. The van der Waals surface area contributed by atoms with Crippen molar-refractivity contribution >= 4 is 5.78 Å². The van der Waals surface area contributed by atoms with Gasteiger partial charge in [-0.05, 0) is 99.2 Å². The fraction of sp³-hybridized carbons (Fsp3) is 0.889. The van der Waals surface area contributed by atoms with E-state index in [1.54, 1.807) is 5.57 Å². The van der Waals surface area contributed by atoms with Gasteiger partial charge in [0.1, 0.15) is 5.78 Å². The standard InChI is InChI=1S/C27H41NO2/c1-16-4-9-25-27(3,30)23-8-7-19-20-6-5-17-12-18(29)10-11-26(17,2)24(20)13-21(19)22(23)15-28(25)14-16/h16-17,19,21-23,25,30H,4-15H2,1-3H3. The number of hydrogen-bond donors (Lipinski definition) is 1. The van der Waals surface area contributed by atoms with Crippen LogP contribution in [0.25, 0.3) is 0 Å². The van der Waals surface area contributed by atoms with Crippen LogP contribution < -0.4 is 0 Å². The zero-order valence-corrected chi connectivity index (χ0v) is 19.3.